The second-order valence-corrected chi connectivity index (χ2v) is 5.43. The maximum atomic E-state index is 4.33. The molecule has 0 amide bonds. The Morgan fingerprint density at radius 2 is 2.11 bits per heavy atom. The van der Waals surface area contributed by atoms with E-state index in [9.17, 15) is 0 Å². The first-order valence-electron chi connectivity index (χ1n) is 7.03. The van der Waals surface area contributed by atoms with Crippen molar-refractivity contribution in [2.75, 3.05) is 5.32 Å². The van der Waals surface area contributed by atoms with Crippen LogP contribution in [-0.2, 0) is 0 Å². The van der Waals surface area contributed by atoms with Crippen molar-refractivity contribution in [2.45, 2.75) is 45.1 Å². The van der Waals surface area contributed by atoms with Crippen LogP contribution in [0.25, 0.3) is 5.65 Å². The summed E-state index contributed by atoms with van der Waals surface area (Å²) in [6.45, 7) is 2.37. The number of pyridine rings is 1. The van der Waals surface area contributed by atoms with Gasteiger partial charge in [0.1, 0.15) is 11.5 Å². The van der Waals surface area contributed by atoms with Crippen LogP contribution in [0, 0.1) is 5.92 Å². The summed E-state index contributed by atoms with van der Waals surface area (Å²) < 4.78 is 2.14. The summed E-state index contributed by atoms with van der Waals surface area (Å²) in [5, 5.41) is 3.72. The molecule has 18 heavy (non-hydrogen) atoms. The summed E-state index contributed by atoms with van der Waals surface area (Å²) in [6.07, 6.45) is 10.6. The molecule has 0 saturated heterocycles. The molecule has 2 heterocycles. The van der Waals surface area contributed by atoms with E-state index in [1.54, 1.807) is 0 Å². The van der Waals surface area contributed by atoms with Gasteiger partial charge < -0.3 is 5.32 Å². The zero-order valence-corrected chi connectivity index (χ0v) is 11.0. The fourth-order valence-electron chi connectivity index (χ4n) is 2.96. The Bertz CT molecular complexity index is 517. The summed E-state index contributed by atoms with van der Waals surface area (Å²) in [6, 6.07) is 6.86. The van der Waals surface area contributed by atoms with Gasteiger partial charge in [0.15, 0.2) is 0 Å². The van der Waals surface area contributed by atoms with E-state index in [4.69, 9.17) is 0 Å². The Morgan fingerprint density at radius 3 is 3.06 bits per heavy atom. The lowest BCUT2D eigenvalue weighted by atomic mass is 9.97. The monoisotopic (exact) mass is 243 g/mol. The Labute approximate surface area is 108 Å². The van der Waals surface area contributed by atoms with E-state index in [0.717, 1.165) is 11.6 Å². The van der Waals surface area contributed by atoms with Crippen molar-refractivity contribution in [2.24, 2.45) is 5.92 Å². The highest BCUT2D eigenvalue weighted by Gasteiger charge is 2.20. The van der Waals surface area contributed by atoms with Gasteiger partial charge in [-0.05, 0) is 30.9 Å². The van der Waals surface area contributed by atoms with Gasteiger partial charge in [-0.25, -0.2) is 4.98 Å². The molecule has 0 aromatic carbocycles. The highest BCUT2D eigenvalue weighted by molar-refractivity contribution is 5.50. The SMILES string of the molecule is CC1CCCCCC1Nc1cccc2nccn12. The molecule has 1 saturated carbocycles. The standard InChI is InChI=1S/C15H21N3/c1-12-6-3-2-4-7-13(12)17-15-9-5-8-14-16-10-11-18(14)15/h5,8-13,17H,2-4,6-7H2,1H3. The van der Waals surface area contributed by atoms with Crippen molar-refractivity contribution in [1.82, 2.24) is 9.38 Å². The summed E-state index contributed by atoms with van der Waals surface area (Å²) in [5.41, 5.74) is 1.02. The zero-order chi connectivity index (χ0) is 12.4. The average Bonchev–Trinajstić information content (AvgIpc) is 2.77. The fraction of sp³-hybridized carbons (Fsp3) is 0.533. The fourth-order valence-corrected chi connectivity index (χ4v) is 2.96. The van der Waals surface area contributed by atoms with E-state index in [1.807, 2.05) is 18.5 Å². The summed E-state index contributed by atoms with van der Waals surface area (Å²) >= 11 is 0. The summed E-state index contributed by atoms with van der Waals surface area (Å²) in [4.78, 5) is 4.33. The van der Waals surface area contributed by atoms with E-state index in [0.29, 0.717) is 6.04 Å². The molecule has 0 radical (unpaired) electrons. The molecule has 3 rings (SSSR count). The van der Waals surface area contributed by atoms with Gasteiger partial charge in [-0.1, -0.05) is 32.3 Å². The molecule has 1 N–H and O–H groups in total. The number of hydrogen-bond donors (Lipinski definition) is 1. The Morgan fingerprint density at radius 1 is 1.22 bits per heavy atom. The van der Waals surface area contributed by atoms with Gasteiger partial charge in [-0.15, -0.1) is 0 Å². The Kier molecular flexibility index (Phi) is 3.22. The van der Waals surface area contributed by atoms with Crippen LogP contribution in [0.1, 0.15) is 39.0 Å². The highest BCUT2D eigenvalue weighted by Crippen LogP contribution is 2.26. The van der Waals surface area contributed by atoms with E-state index in [2.05, 4.69) is 33.8 Å². The van der Waals surface area contributed by atoms with Crippen LogP contribution in [0.3, 0.4) is 0 Å². The van der Waals surface area contributed by atoms with Crippen molar-refractivity contribution >= 4 is 11.5 Å². The molecule has 3 nitrogen and oxygen atoms in total. The maximum absolute atomic E-state index is 4.33. The number of aromatic nitrogens is 2. The van der Waals surface area contributed by atoms with Gasteiger partial charge in [0.2, 0.25) is 0 Å². The number of rotatable bonds is 2. The van der Waals surface area contributed by atoms with E-state index in [1.165, 1.54) is 37.9 Å². The van der Waals surface area contributed by atoms with Crippen LogP contribution in [0.4, 0.5) is 5.82 Å². The number of nitrogens with one attached hydrogen (secondary N) is 1. The third kappa shape index (κ3) is 2.22. The smallest absolute Gasteiger partial charge is 0.138 e. The summed E-state index contributed by atoms with van der Waals surface area (Å²) in [7, 11) is 0. The van der Waals surface area contributed by atoms with Gasteiger partial charge in [-0.3, -0.25) is 4.40 Å². The molecule has 1 fully saturated rings. The predicted molar refractivity (Wildman–Crippen MR) is 74.9 cm³/mol. The largest absolute Gasteiger partial charge is 0.368 e. The molecule has 96 valence electrons. The minimum atomic E-state index is 0.598. The lowest BCUT2D eigenvalue weighted by Crippen LogP contribution is -2.27. The Balaban J connectivity index is 1.84. The highest BCUT2D eigenvalue weighted by atomic mass is 15.1. The van der Waals surface area contributed by atoms with Crippen LogP contribution < -0.4 is 5.32 Å². The number of hydrogen-bond acceptors (Lipinski definition) is 2. The summed E-state index contributed by atoms with van der Waals surface area (Å²) in [5.74, 6) is 1.93. The molecule has 1 aliphatic rings. The molecule has 1 aliphatic carbocycles. The first kappa shape index (κ1) is 11.6. The van der Waals surface area contributed by atoms with Crippen LogP contribution >= 0.6 is 0 Å². The molecule has 2 atom stereocenters. The third-order valence-electron chi connectivity index (χ3n) is 4.12. The topological polar surface area (TPSA) is 29.3 Å². The van der Waals surface area contributed by atoms with E-state index in [-0.39, 0.29) is 0 Å². The third-order valence-corrected chi connectivity index (χ3v) is 4.12. The van der Waals surface area contributed by atoms with Crippen LogP contribution in [0.2, 0.25) is 0 Å². The quantitative estimate of drug-likeness (QED) is 0.815. The van der Waals surface area contributed by atoms with Gasteiger partial charge >= 0.3 is 0 Å². The average molecular weight is 243 g/mol. The van der Waals surface area contributed by atoms with Crippen molar-refractivity contribution in [3.63, 3.8) is 0 Å². The first-order chi connectivity index (χ1) is 8.84. The van der Waals surface area contributed by atoms with Gasteiger partial charge in [0, 0.05) is 18.4 Å². The second kappa shape index (κ2) is 5.01. The van der Waals surface area contributed by atoms with Crippen molar-refractivity contribution in [3.8, 4) is 0 Å². The minimum absolute atomic E-state index is 0.598. The van der Waals surface area contributed by atoms with Crippen LogP contribution in [0.5, 0.6) is 0 Å². The molecule has 2 aromatic heterocycles. The number of imidazole rings is 1. The normalized spacial score (nSPS) is 24.9. The van der Waals surface area contributed by atoms with Crippen LogP contribution in [0.15, 0.2) is 30.6 Å². The molecule has 2 aromatic rings. The lowest BCUT2D eigenvalue weighted by Gasteiger charge is -2.24. The second-order valence-electron chi connectivity index (χ2n) is 5.43. The molecule has 3 heteroatoms. The molecule has 2 unspecified atom stereocenters. The number of anilines is 1. The first-order valence-corrected chi connectivity index (χ1v) is 7.03. The lowest BCUT2D eigenvalue weighted by molar-refractivity contribution is 0.455. The van der Waals surface area contributed by atoms with Gasteiger partial charge in [-0.2, -0.15) is 0 Å². The van der Waals surface area contributed by atoms with Crippen molar-refractivity contribution < 1.29 is 0 Å². The van der Waals surface area contributed by atoms with E-state index >= 15 is 0 Å². The van der Waals surface area contributed by atoms with Gasteiger partial charge in [0.05, 0.1) is 0 Å². The van der Waals surface area contributed by atoms with Crippen molar-refractivity contribution in [3.05, 3.63) is 30.6 Å². The number of fused-ring (bicyclic) bond motifs is 1. The zero-order valence-electron chi connectivity index (χ0n) is 11.0. The molecular formula is C15H21N3. The Hall–Kier alpha value is -1.51. The molecule has 0 bridgehead atoms. The maximum Gasteiger partial charge on any atom is 0.138 e. The molecule has 0 aliphatic heterocycles. The van der Waals surface area contributed by atoms with E-state index < -0.39 is 0 Å². The molecular weight excluding hydrogens is 222 g/mol. The molecule has 0 spiro atoms. The number of nitrogens with zero attached hydrogens (tertiary/aromatic N) is 2. The minimum Gasteiger partial charge on any atom is -0.368 e. The predicted octanol–water partition coefficient (Wildman–Crippen LogP) is 3.72. The van der Waals surface area contributed by atoms with Gasteiger partial charge in [0.25, 0.3) is 0 Å². The van der Waals surface area contributed by atoms with Crippen LogP contribution in [-0.4, -0.2) is 15.4 Å². The van der Waals surface area contributed by atoms with Crippen molar-refractivity contribution in [1.29, 1.82) is 0 Å².